The summed E-state index contributed by atoms with van der Waals surface area (Å²) in [5, 5.41) is 2.85. The molecule has 18 heavy (non-hydrogen) atoms. The lowest BCUT2D eigenvalue weighted by Crippen LogP contribution is -1.85. The quantitative estimate of drug-likeness (QED) is 0.855. The minimum absolute atomic E-state index is 0.543. The van der Waals surface area contributed by atoms with Crippen molar-refractivity contribution in [2.45, 2.75) is 27.7 Å². The third kappa shape index (κ3) is 4.62. The van der Waals surface area contributed by atoms with E-state index in [2.05, 4.69) is 50.1 Å². The van der Waals surface area contributed by atoms with E-state index in [1.807, 2.05) is 12.1 Å². The summed E-state index contributed by atoms with van der Waals surface area (Å²) in [5.74, 6) is 1.62. The fraction of sp³-hybridized carbons (Fsp3) is 0.400. The molecule has 0 aliphatic carbocycles. The molecule has 3 heteroatoms. The van der Waals surface area contributed by atoms with Gasteiger partial charge in [-0.2, -0.15) is 0 Å². The zero-order valence-corrected chi connectivity index (χ0v) is 11.8. The fourth-order valence-electron chi connectivity index (χ4n) is 1.32. The number of hydrogen-bond donors (Lipinski definition) is 1. The van der Waals surface area contributed by atoms with Crippen LogP contribution in [-0.2, 0) is 0 Å². The molecule has 0 bridgehead atoms. The largest absolute Gasteiger partial charge is 0.424 e. The Morgan fingerprint density at radius 3 is 2.39 bits per heavy atom. The summed E-state index contributed by atoms with van der Waals surface area (Å²) in [6, 6.07) is 8.68. The first-order valence-corrected chi connectivity index (χ1v) is 6.23. The molecule has 0 aliphatic heterocycles. The standard InChI is InChI=1S/C11H12N2O.C4H10/c1-8-4-3-5-9(6-8)10-7-13-11(12-2)14-10;1-4(2)3/h3-7H,1-2H3,(H,12,13);4H,1-3H3. The van der Waals surface area contributed by atoms with E-state index in [0.29, 0.717) is 6.01 Å². The van der Waals surface area contributed by atoms with Crippen LogP contribution in [0.3, 0.4) is 0 Å². The predicted octanol–water partition coefficient (Wildman–Crippen LogP) is 4.35. The van der Waals surface area contributed by atoms with Crippen LogP contribution in [0.2, 0.25) is 0 Å². The van der Waals surface area contributed by atoms with Gasteiger partial charge in [-0.05, 0) is 18.9 Å². The predicted molar refractivity (Wildman–Crippen MR) is 76.7 cm³/mol. The summed E-state index contributed by atoms with van der Waals surface area (Å²) in [7, 11) is 1.78. The van der Waals surface area contributed by atoms with E-state index < -0.39 is 0 Å². The Morgan fingerprint density at radius 2 is 1.89 bits per heavy atom. The van der Waals surface area contributed by atoms with E-state index >= 15 is 0 Å². The average molecular weight is 246 g/mol. The molecular formula is C15H22N2O. The minimum Gasteiger partial charge on any atom is -0.424 e. The van der Waals surface area contributed by atoms with Crippen molar-refractivity contribution in [3.8, 4) is 11.3 Å². The van der Waals surface area contributed by atoms with Crippen LogP contribution in [0, 0.1) is 12.8 Å². The molecular weight excluding hydrogens is 224 g/mol. The molecule has 0 spiro atoms. The van der Waals surface area contributed by atoms with Crippen molar-refractivity contribution in [1.82, 2.24) is 4.98 Å². The third-order valence-electron chi connectivity index (χ3n) is 2.02. The Hall–Kier alpha value is -1.77. The molecule has 3 nitrogen and oxygen atoms in total. The lowest BCUT2D eigenvalue weighted by molar-refractivity contribution is 0.589. The van der Waals surface area contributed by atoms with E-state index in [1.165, 1.54) is 5.56 Å². The van der Waals surface area contributed by atoms with Crippen LogP contribution in [-0.4, -0.2) is 12.0 Å². The molecule has 1 heterocycles. The maximum atomic E-state index is 5.45. The van der Waals surface area contributed by atoms with Gasteiger partial charge in [0.05, 0.1) is 6.20 Å². The molecule has 0 radical (unpaired) electrons. The summed E-state index contributed by atoms with van der Waals surface area (Å²) in [5.41, 5.74) is 2.27. The van der Waals surface area contributed by atoms with Gasteiger partial charge in [0.1, 0.15) is 0 Å². The molecule has 2 aromatic rings. The van der Waals surface area contributed by atoms with Gasteiger partial charge in [-0.25, -0.2) is 4.98 Å². The van der Waals surface area contributed by atoms with Crippen molar-refractivity contribution in [2.75, 3.05) is 12.4 Å². The molecule has 0 amide bonds. The number of anilines is 1. The molecule has 0 unspecified atom stereocenters. The van der Waals surface area contributed by atoms with Crippen LogP contribution in [0.5, 0.6) is 0 Å². The van der Waals surface area contributed by atoms with Gasteiger partial charge >= 0.3 is 0 Å². The molecule has 0 saturated heterocycles. The normalized spacial score (nSPS) is 9.89. The second kappa shape index (κ2) is 6.84. The van der Waals surface area contributed by atoms with Crippen LogP contribution in [0.4, 0.5) is 6.01 Å². The van der Waals surface area contributed by atoms with E-state index in [-0.39, 0.29) is 0 Å². The van der Waals surface area contributed by atoms with Crippen molar-refractivity contribution in [2.24, 2.45) is 5.92 Å². The maximum Gasteiger partial charge on any atom is 0.294 e. The van der Waals surface area contributed by atoms with E-state index in [4.69, 9.17) is 4.42 Å². The Balaban J connectivity index is 0.000000357. The summed E-state index contributed by atoms with van der Waals surface area (Å²) in [6.45, 7) is 8.55. The first-order valence-electron chi connectivity index (χ1n) is 6.23. The van der Waals surface area contributed by atoms with Crippen molar-refractivity contribution >= 4 is 6.01 Å². The maximum absolute atomic E-state index is 5.45. The van der Waals surface area contributed by atoms with Crippen LogP contribution in [0.25, 0.3) is 11.3 Å². The number of rotatable bonds is 2. The summed E-state index contributed by atoms with van der Waals surface area (Å²) >= 11 is 0. The Morgan fingerprint density at radius 1 is 1.22 bits per heavy atom. The second-order valence-electron chi connectivity index (χ2n) is 4.88. The molecule has 1 N–H and O–H groups in total. The van der Waals surface area contributed by atoms with Crippen LogP contribution in [0.15, 0.2) is 34.9 Å². The number of nitrogens with zero attached hydrogens (tertiary/aromatic N) is 1. The van der Waals surface area contributed by atoms with Gasteiger partial charge in [0, 0.05) is 12.6 Å². The lowest BCUT2D eigenvalue weighted by Gasteiger charge is -1.97. The summed E-state index contributed by atoms with van der Waals surface area (Å²) < 4.78 is 5.45. The van der Waals surface area contributed by atoms with Crippen LogP contribution >= 0.6 is 0 Å². The smallest absolute Gasteiger partial charge is 0.294 e. The van der Waals surface area contributed by atoms with Gasteiger partial charge in [0.15, 0.2) is 5.76 Å². The van der Waals surface area contributed by atoms with Gasteiger partial charge in [-0.15, -0.1) is 0 Å². The minimum atomic E-state index is 0.543. The number of aromatic nitrogens is 1. The molecule has 1 aromatic carbocycles. The highest BCUT2D eigenvalue weighted by Crippen LogP contribution is 2.22. The van der Waals surface area contributed by atoms with E-state index in [0.717, 1.165) is 17.2 Å². The topological polar surface area (TPSA) is 38.1 Å². The molecule has 98 valence electrons. The number of benzene rings is 1. The third-order valence-corrected chi connectivity index (χ3v) is 2.02. The number of hydrogen-bond acceptors (Lipinski definition) is 3. The van der Waals surface area contributed by atoms with Gasteiger partial charge in [-0.1, -0.05) is 44.5 Å². The Kier molecular flexibility index (Phi) is 5.43. The van der Waals surface area contributed by atoms with Crippen LogP contribution < -0.4 is 5.32 Å². The second-order valence-corrected chi connectivity index (χ2v) is 4.88. The highest BCUT2D eigenvalue weighted by Gasteiger charge is 2.04. The van der Waals surface area contributed by atoms with Gasteiger partial charge in [-0.3, -0.25) is 0 Å². The molecule has 0 saturated carbocycles. The monoisotopic (exact) mass is 246 g/mol. The van der Waals surface area contributed by atoms with Crippen LogP contribution in [0.1, 0.15) is 26.3 Å². The number of nitrogens with one attached hydrogen (secondary N) is 1. The molecule has 0 atom stereocenters. The van der Waals surface area contributed by atoms with Crippen molar-refractivity contribution < 1.29 is 4.42 Å². The van der Waals surface area contributed by atoms with Crippen molar-refractivity contribution in [1.29, 1.82) is 0 Å². The Bertz CT molecular complexity index is 472. The van der Waals surface area contributed by atoms with E-state index in [9.17, 15) is 0 Å². The molecule has 0 fully saturated rings. The fourth-order valence-corrected chi connectivity index (χ4v) is 1.32. The van der Waals surface area contributed by atoms with Crippen molar-refractivity contribution in [3.63, 3.8) is 0 Å². The molecule has 2 rings (SSSR count). The highest BCUT2D eigenvalue weighted by molar-refractivity contribution is 5.58. The van der Waals surface area contributed by atoms with Crippen molar-refractivity contribution in [3.05, 3.63) is 36.0 Å². The summed E-state index contributed by atoms with van der Waals surface area (Å²) in [6.07, 6.45) is 1.72. The zero-order chi connectivity index (χ0) is 13.5. The first-order chi connectivity index (χ1) is 8.52. The summed E-state index contributed by atoms with van der Waals surface area (Å²) in [4.78, 5) is 4.06. The molecule has 1 aromatic heterocycles. The molecule has 0 aliphatic rings. The number of oxazole rings is 1. The van der Waals surface area contributed by atoms with Gasteiger partial charge in [0.2, 0.25) is 0 Å². The highest BCUT2D eigenvalue weighted by atomic mass is 16.4. The SMILES string of the molecule is CC(C)C.CNc1ncc(-c2cccc(C)c2)o1. The van der Waals surface area contributed by atoms with E-state index in [1.54, 1.807) is 13.2 Å². The zero-order valence-electron chi connectivity index (χ0n) is 11.8. The van der Waals surface area contributed by atoms with Gasteiger partial charge < -0.3 is 9.73 Å². The number of aryl methyl sites for hydroxylation is 1. The lowest BCUT2D eigenvalue weighted by atomic mass is 10.1. The Labute approximate surface area is 109 Å². The first kappa shape index (κ1) is 14.3. The van der Waals surface area contributed by atoms with Gasteiger partial charge in [0.25, 0.3) is 6.01 Å². The average Bonchev–Trinajstić information content (AvgIpc) is 2.76.